The lowest BCUT2D eigenvalue weighted by molar-refractivity contribution is -0.384. The van der Waals surface area contributed by atoms with E-state index in [4.69, 9.17) is 22.4 Å². The summed E-state index contributed by atoms with van der Waals surface area (Å²) in [5.74, 6) is -1.18. The van der Waals surface area contributed by atoms with E-state index in [1.165, 1.54) is 18.2 Å². The second-order valence-electron chi connectivity index (χ2n) is 5.24. The first kappa shape index (κ1) is 19.1. The number of carbonyl (C=O) groups is 2. The number of nitro groups is 1. The maximum atomic E-state index is 12.0. The third-order valence-corrected chi connectivity index (χ3v) is 3.77. The van der Waals surface area contributed by atoms with Crippen LogP contribution in [0.4, 0.5) is 5.69 Å². The summed E-state index contributed by atoms with van der Waals surface area (Å²) in [5, 5.41) is 19.4. The Morgan fingerprint density at radius 3 is 2.52 bits per heavy atom. The van der Waals surface area contributed by atoms with Crippen LogP contribution in [0.3, 0.4) is 0 Å². The highest BCUT2D eigenvalue weighted by Crippen LogP contribution is 2.25. The Hall–Kier alpha value is -1.99. The molecular formula is C15H19ClN2O5. The minimum absolute atomic E-state index is 0.00122. The van der Waals surface area contributed by atoms with Crippen LogP contribution >= 0.6 is 11.6 Å². The molecule has 0 aliphatic heterocycles. The van der Waals surface area contributed by atoms with Gasteiger partial charge in [-0.3, -0.25) is 19.7 Å². The van der Waals surface area contributed by atoms with E-state index in [0.29, 0.717) is 19.3 Å². The molecule has 3 N–H and O–H groups in total. The second-order valence-corrected chi connectivity index (χ2v) is 5.65. The minimum Gasteiger partial charge on any atom is -0.480 e. The number of carbonyl (C=O) groups excluding carboxylic acids is 1. The predicted octanol–water partition coefficient (Wildman–Crippen LogP) is 3.18. The lowest BCUT2D eigenvalue weighted by Crippen LogP contribution is -2.29. The second kappa shape index (κ2) is 9.22. The number of hydrogen-bond donors (Lipinski definition) is 2. The quantitative estimate of drug-likeness (QED) is 0.291. The fourth-order valence-corrected chi connectivity index (χ4v) is 2.28. The van der Waals surface area contributed by atoms with E-state index in [-0.39, 0.29) is 28.5 Å². The monoisotopic (exact) mass is 342 g/mol. The van der Waals surface area contributed by atoms with Gasteiger partial charge in [0.15, 0.2) is 5.78 Å². The number of hydrogen-bond acceptors (Lipinski definition) is 5. The maximum absolute atomic E-state index is 12.0. The van der Waals surface area contributed by atoms with Crippen LogP contribution < -0.4 is 5.73 Å². The molecule has 126 valence electrons. The van der Waals surface area contributed by atoms with E-state index in [1.807, 2.05) is 0 Å². The molecule has 0 saturated heterocycles. The average molecular weight is 343 g/mol. The van der Waals surface area contributed by atoms with Gasteiger partial charge in [0.25, 0.3) is 5.69 Å². The molecular weight excluding hydrogens is 324 g/mol. The SMILES string of the molecule is NC(CCCCCCC(=O)c1ccc(Cl)c([N+](=O)[O-])c1)C(=O)O. The van der Waals surface area contributed by atoms with Crippen molar-refractivity contribution in [2.24, 2.45) is 5.73 Å². The van der Waals surface area contributed by atoms with Gasteiger partial charge in [0.2, 0.25) is 0 Å². The summed E-state index contributed by atoms with van der Waals surface area (Å²) in [7, 11) is 0. The van der Waals surface area contributed by atoms with Crippen LogP contribution in [-0.2, 0) is 4.79 Å². The Labute approximate surface area is 138 Å². The Morgan fingerprint density at radius 1 is 1.26 bits per heavy atom. The van der Waals surface area contributed by atoms with E-state index >= 15 is 0 Å². The largest absolute Gasteiger partial charge is 0.480 e. The number of nitrogens with zero attached hydrogens (tertiary/aromatic N) is 1. The van der Waals surface area contributed by atoms with Gasteiger partial charge in [-0.2, -0.15) is 0 Å². The van der Waals surface area contributed by atoms with Crippen molar-refractivity contribution < 1.29 is 19.6 Å². The van der Waals surface area contributed by atoms with Gasteiger partial charge in [0, 0.05) is 18.1 Å². The highest BCUT2D eigenvalue weighted by atomic mass is 35.5. The molecule has 1 aromatic rings. The molecule has 0 aromatic heterocycles. The summed E-state index contributed by atoms with van der Waals surface area (Å²) in [6, 6.07) is 3.17. The van der Waals surface area contributed by atoms with Gasteiger partial charge in [-0.1, -0.05) is 30.9 Å². The first-order valence-electron chi connectivity index (χ1n) is 7.28. The molecule has 8 heteroatoms. The van der Waals surface area contributed by atoms with Crippen molar-refractivity contribution in [2.45, 2.75) is 44.6 Å². The van der Waals surface area contributed by atoms with Gasteiger partial charge >= 0.3 is 5.97 Å². The fourth-order valence-electron chi connectivity index (χ4n) is 2.10. The lowest BCUT2D eigenvalue weighted by Gasteiger charge is -2.06. The van der Waals surface area contributed by atoms with Crippen molar-refractivity contribution in [3.05, 3.63) is 38.9 Å². The van der Waals surface area contributed by atoms with Crippen LogP contribution in [0.2, 0.25) is 5.02 Å². The Bertz CT molecular complexity index is 591. The highest BCUT2D eigenvalue weighted by Gasteiger charge is 2.16. The number of carboxylic acid groups (broad SMARTS) is 1. The fraction of sp³-hybridized carbons (Fsp3) is 0.467. The van der Waals surface area contributed by atoms with E-state index in [2.05, 4.69) is 0 Å². The lowest BCUT2D eigenvalue weighted by atomic mass is 10.0. The van der Waals surface area contributed by atoms with Crippen molar-refractivity contribution in [3.8, 4) is 0 Å². The molecule has 1 atom stereocenters. The summed E-state index contributed by atoms with van der Waals surface area (Å²) < 4.78 is 0. The molecule has 1 rings (SSSR count). The minimum atomic E-state index is -1.01. The smallest absolute Gasteiger partial charge is 0.320 e. The average Bonchev–Trinajstić information content (AvgIpc) is 2.50. The van der Waals surface area contributed by atoms with Crippen molar-refractivity contribution in [3.63, 3.8) is 0 Å². The van der Waals surface area contributed by atoms with Crippen LogP contribution in [0, 0.1) is 10.1 Å². The van der Waals surface area contributed by atoms with Crippen molar-refractivity contribution in [1.29, 1.82) is 0 Å². The molecule has 0 heterocycles. The molecule has 1 unspecified atom stereocenters. The number of nitro benzene ring substituents is 1. The van der Waals surface area contributed by atoms with Gasteiger partial charge in [0.1, 0.15) is 11.1 Å². The molecule has 0 bridgehead atoms. The standard InChI is InChI=1S/C15H19ClN2O5/c16-11-8-7-10(9-13(11)18(22)23)14(19)6-4-2-1-3-5-12(17)15(20)21/h7-9,12H,1-6,17H2,(H,20,21). The Balaban J connectivity index is 2.36. The van der Waals surface area contributed by atoms with E-state index in [1.54, 1.807) is 0 Å². The molecule has 0 aliphatic rings. The number of halogens is 1. The molecule has 1 aromatic carbocycles. The topological polar surface area (TPSA) is 124 Å². The van der Waals surface area contributed by atoms with E-state index in [0.717, 1.165) is 12.8 Å². The normalized spacial score (nSPS) is 11.9. The van der Waals surface area contributed by atoms with Crippen LogP contribution in [0.25, 0.3) is 0 Å². The first-order valence-corrected chi connectivity index (χ1v) is 7.66. The third kappa shape index (κ3) is 6.33. The summed E-state index contributed by atoms with van der Waals surface area (Å²) >= 11 is 5.70. The van der Waals surface area contributed by atoms with Gasteiger partial charge in [-0.05, 0) is 25.0 Å². The van der Waals surface area contributed by atoms with Crippen molar-refractivity contribution in [2.75, 3.05) is 0 Å². The third-order valence-electron chi connectivity index (χ3n) is 3.45. The molecule has 0 radical (unpaired) electrons. The Morgan fingerprint density at radius 2 is 1.91 bits per heavy atom. The van der Waals surface area contributed by atoms with E-state index in [9.17, 15) is 19.7 Å². The maximum Gasteiger partial charge on any atom is 0.320 e. The Kier molecular flexibility index (Phi) is 7.64. The molecule has 0 spiro atoms. The van der Waals surface area contributed by atoms with Crippen molar-refractivity contribution in [1.82, 2.24) is 0 Å². The predicted molar refractivity (Wildman–Crippen MR) is 85.8 cm³/mol. The summed E-state index contributed by atoms with van der Waals surface area (Å²) in [6.07, 6.45) is 3.57. The zero-order valence-corrected chi connectivity index (χ0v) is 13.3. The number of rotatable bonds is 10. The number of unbranched alkanes of at least 4 members (excludes halogenated alkanes) is 3. The van der Waals surface area contributed by atoms with Crippen LogP contribution in [0.1, 0.15) is 48.9 Å². The molecule has 0 amide bonds. The van der Waals surface area contributed by atoms with Crippen LogP contribution in [0.5, 0.6) is 0 Å². The number of ketones is 1. The first-order chi connectivity index (χ1) is 10.8. The van der Waals surface area contributed by atoms with Gasteiger partial charge < -0.3 is 10.8 Å². The van der Waals surface area contributed by atoms with Crippen LogP contribution in [-0.4, -0.2) is 27.8 Å². The van der Waals surface area contributed by atoms with Crippen molar-refractivity contribution >= 4 is 29.0 Å². The van der Waals surface area contributed by atoms with Gasteiger partial charge in [-0.15, -0.1) is 0 Å². The molecule has 23 heavy (non-hydrogen) atoms. The number of benzene rings is 1. The van der Waals surface area contributed by atoms with Crippen LogP contribution in [0.15, 0.2) is 18.2 Å². The number of carboxylic acids is 1. The van der Waals surface area contributed by atoms with Gasteiger partial charge in [0.05, 0.1) is 4.92 Å². The number of aliphatic carboxylic acids is 1. The highest BCUT2D eigenvalue weighted by molar-refractivity contribution is 6.32. The summed E-state index contributed by atoms with van der Waals surface area (Å²) in [4.78, 5) is 32.7. The molecule has 0 fully saturated rings. The molecule has 0 saturated carbocycles. The van der Waals surface area contributed by atoms with E-state index < -0.39 is 16.9 Å². The number of nitrogens with two attached hydrogens (primary N) is 1. The summed E-state index contributed by atoms with van der Waals surface area (Å²) in [5.41, 5.74) is 5.38. The van der Waals surface area contributed by atoms with Gasteiger partial charge in [-0.25, -0.2) is 0 Å². The zero-order valence-electron chi connectivity index (χ0n) is 12.5. The summed E-state index contributed by atoms with van der Waals surface area (Å²) in [6.45, 7) is 0. The molecule has 7 nitrogen and oxygen atoms in total. The molecule has 0 aliphatic carbocycles. The number of Topliss-reactive ketones (excluding diaryl/α,β-unsaturated/α-hetero) is 1. The zero-order chi connectivity index (χ0) is 17.4.